The number of nitrogens with zero attached hydrogens (tertiary/aromatic N) is 1. The number of rotatable bonds is 3. The third-order valence-corrected chi connectivity index (χ3v) is 3.25. The highest BCUT2D eigenvalue weighted by Crippen LogP contribution is 2.20. The maximum Gasteiger partial charge on any atom is 0.321 e. The summed E-state index contributed by atoms with van der Waals surface area (Å²) in [5, 5.41) is 2.84. The number of urea groups is 1. The molecule has 0 aliphatic carbocycles. The number of amides is 2. The van der Waals surface area contributed by atoms with Gasteiger partial charge in [0.25, 0.3) is 0 Å². The fourth-order valence-electron chi connectivity index (χ4n) is 1.74. The number of halogens is 3. The Morgan fingerprint density at radius 2 is 1.86 bits per heavy atom. The van der Waals surface area contributed by atoms with Gasteiger partial charge < -0.3 is 10.2 Å². The summed E-state index contributed by atoms with van der Waals surface area (Å²) >= 11 is 5.92. The first-order valence-electron chi connectivity index (χ1n) is 6.18. The van der Waals surface area contributed by atoms with Crippen molar-refractivity contribution in [2.45, 2.75) is 6.54 Å². The molecule has 0 unspecified atom stereocenters. The number of hydrogen-bond acceptors (Lipinski definition) is 1. The largest absolute Gasteiger partial charge is 0.323 e. The van der Waals surface area contributed by atoms with Crippen LogP contribution in [0.4, 0.5) is 19.3 Å². The van der Waals surface area contributed by atoms with Crippen LogP contribution in [-0.4, -0.2) is 18.0 Å². The first-order chi connectivity index (χ1) is 9.97. The lowest BCUT2D eigenvalue weighted by Crippen LogP contribution is -2.31. The molecule has 2 amide bonds. The van der Waals surface area contributed by atoms with E-state index in [9.17, 15) is 13.6 Å². The molecule has 0 bridgehead atoms. The average molecular weight is 311 g/mol. The lowest BCUT2D eigenvalue weighted by atomic mass is 10.2. The third kappa shape index (κ3) is 3.92. The van der Waals surface area contributed by atoms with Crippen molar-refractivity contribution in [3.8, 4) is 0 Å². The number of nitrogens with one attached hydrogen (secondary N) is 1. The molecular weight excluding hydrogens is 298 g/mol. The topological polar surface area (TPSA) is 32.3 Å². The molecule has 0 saturated carbocycles. The number of benzene rings is 2. The van der Waals surface area contributed by atoms with Gasteiger partial charge in [-0.25, -0.2) is 13.6 Å². The van der Waals surface area contributed by atoms with Gasteiger partial charge in [-0.3, -0.25) is 0 Å². The van der Waals surface area contributed by atoms with Gasteiger partial charge in [-0.15, -0.1) is 0 Å². The van der Waals surface area contributed by atoms with Crippen LogP contribution in [0.3, 0.4) is 0 Å². The predicted molar refractivity (Wildman–Crippen MR) is 78.3 cm³/mol. The van der Waals surface area contributed by atoms with E-state index < -0.39 is 11.8 Å². The van der Waals surface area contributed by atoms with Crippen molar-refractivity contribution in [1.29, 1.82) is 0 Å². The van der Waals surface area contributed by atoms with E-state index in [1.54, 1.807) is 6.07 Å². The minimum Gasteiger partial charge on any atom is -0.323 e. The molecular formula is C15H13ClF2N2O. The van der Waals surface area contributed by atoms with E-state index in [0.717, 1.165) is 0 Å². The molecule has 3 nitrogen and oxygen atoms in total. The van der Waals surface area contributed by atoms with Crippen molar-refractivity contribution in [1.82, 2.24) is 4.90 Å². The minimum absolute atomic E-state index is 0.0263. The normalized spacial score (nSPS) is 10.3. The monoisotopic (exact) mass is 310 g/mol. The SMILES string of the molecule is CN(Cc1c(F)cccc1Cl)C(=O)Nc1ccc(F)cc1. The molecule has 0 radical (unpaired) electrons. The predicted octanol–water partition coefficient (Wildman–Crippen LogP) is 4.28. The Balaban J connectivity index is 2.04. The molecule has 2 aromatic rings. The lowest BCUT2D eigenvalue weighted by Gasteiger charge is -2.19. The molecule has 0 fully saturated rings. The molecule has 0 heterocycles. The first kappa shape index (κ1) is 15.3. The molecule has 110 valence electrons. The zero-order valence-corrected chi connectivity index (χ0v) is 12.0. The van der Waals surface area contributed by atoms with Crippen LogP contribution in [0.2, 0.25) is 5.02 Å². The van der Waals surface area contributed by atoms with E-state index in [0.29, 0.717) is 5.69 Å². The second kappa shape index (κ2) is 6.54. The molecule has 2 rings (SSSR count). The van der Waals surface area contributed by atoms with Crippen molar-refractivity contribution >= 4 is 23.3 Å². The summed E-state index contributed by atoms with van der Waals surface area (Å²) in [7, 11) is 1.52. The number of carbonyl (C=O) groups excluding carboxylic acids is 1. The summed E-state index contributed by atoms with van der Waals surface area (Å²) in [6.07, 6.45) is 0. The maximum absolute atomic E-state index is 13.7. The van der Waals surface area contributed by atoms with Gasteiger partial charge in [-0.1, -0.05) is 17.7 Å². The molecule has 0 aromatic heterocycles. The van der Waals surface area contributed by atoms with Crippen molar-refractivity contribution in [2.24, 2.45) is 0 Å². The van der Waals surface area contributed by atoms with Crippen LogP contribution < -0.4 is 5.32 Å². The Morgan fingerprint density at radius 3 is 2.48 bits per heavy atom. The lowest BCUT2D eigenvalue weighted by molar-refractivity contribution is 0.220. The van der Waals surface area contributed by atoms with Gasteiger partial charge in [0, 0.05) is 23.3 Å². The third-order valence-electron chi connectivity index (χ3n) is 2.90. The highest BCUT2D eigenvalue weighted by atomic mass is 35.5. The summed E-state index contributed by atoms with van der Waals surface area (Å²) in [5.74, 6) is -0.858. The Labute approximate surface area is 126 Å². The number of carbonyl (C=O) groups is 1. The first-order valence-corrected chi connectivity index (χ1v) is 6.56. The Morgan fingerprint density at radius 1 is 1.19 bits per heavy atom. The second-order valence-electron chi connectivity index (χ2n) is 4.49. The summed E-state index contributed by atoms with van der Waals surface area (Å²) in [6.45, 7) is 0.0263. The molecule has 1 N–H and O–H groups in total. The van der Waals surface area contributed by atoms with Crippen LogP contribution in [0.1, 0.15) is 5.56 Å². The van der Waals surface area contributed by atoms with Gasteiger partial charge in [-0.2, -0.15) is 0 Å². The van der Waals surface area contributed by atoms with Crippen LogP contribution in [0.25, 0.3) is 0 Å². The molecule has 0 aliphatic heterocycles. The van der Waals surface area contributed by atoms with E-state index in [1.807, 2.05) is 0 Å². The minimum atomic E-state index is -0.469. The van der Waals surface area contributed by atoms with Gasteiger partial charge in [0.05, 0.1) is 6.54 Å². The average Bonchev–Trinajstić information content (AvgIpc) is 2.45. The van der Waals surface area contributed by atoms with Crippen molar-refractivity contribution in [2.75, 3.05) is 12.4 Å². The Kier molecular flexibility index (Phi) is 4.75. The molecule has 0 atom stereocenters. The van der Waals surface area contributed by atoms with Crippen LogP contribution in [0.15, 0.2) is 42.5 Å². The highest BCUT2D eigenvalue weighted by molar-refractivity contribution is 6.31. The Hall–Kier alpha value is -2.14. The zero-order valence-electron chi connectivity index (χ0n) is 11.2. The highest BCUT2D eigenvalue weighted by Gasteiger charge is 2.14. The summed E-state index contributed by atoms with van der Waals surface area (Å²) in [5.41, 5.74) is 0.698. The van der Waals surface area contributed by atoms with E-state index in [1.165, 1.54) is 48.3 Å². The zero-order chi connectivity index (χ0) is 15.4. The quantitative estimate of drug-likeness (QED) is 0.901. The van der Waals surface area contributed by atoms with Crippen LogP contribution >= 0.6 is 11.6 Å². The fraction of sp³-hybridized carbons (Fsp3) is 0.133. The number of hydrogen-bond donors (Lipinski definition) is 1. The van der Waals surface area contributed by atoms with Gasteiger partial charge in [0.2, 0.25) is 0 Å². The van der Waals surface area contributed by atoms with Crippen LogP contribution in [-0.2, 0) is 6.54 Å². The molecule has 0 aliphatic rings. The van der Waals surface area contributed by atoms with Gasteiger partial charge >= 0.3 is 6.03 Å². The van der Waals surface area contributed by atoms with E-state index in [-0.39, 0.29) is 22.9 Å². The van der Waals surface area contributed by atoms with E-state index >= 15 is 0 Å². The van der Waals surface area contributed by atoms with Gasteiger partial charge in [-0.05, 0) is 36.4 Å². The summed E-state index contributed by atoms with van der Waals surface area (Å²) < 4.78 is 26.4. The van der Waals surface area contributed by atoms with Crippen LogP contribution in [0.5, 0.6) is 0 Å². The maximum atomic E-state index is 13.7. The summed E-state index contributed by atoms with van der Waals surface area (Å²) in [6, 6.07) is 9.26. The van der Waals surface area contributed by atoms with E-state index in [2.05, 4.69) is 5.32 Å². The van der Waals surface area contributed by atoms with Crippen molar-refractivity contribution in [3.05, 3.63) is 64.7 Å². The standard InChI is InChI=1S/C15H13ClF2N2O/c1-20(9-12-13(16)3-2-4-14(12)18)15(21)19-11-7-5-10(17)6-8-11/h2-8H,9H2,1H3,(H,19,21). The molecule has 0 spiro atoms. The molecule has 21 heavy (non-hydrogen) atoms. The fourth-order valence-corrected chi connectivity index (χ4v) is 1.97. The summed E-state index contributed by atoms with van der Waals surface area (Å²) in [4.78, 5) is 13.3. The molecule has 0 saturated heterocycles. The van der Waals surface area contributed by atoms with Gasteiger partial charge in [0.1, 0.15) is 11.6 Å². The number of anilines is 1. The van der Waals surface area contributed by atoms with Crippen LogP contribution in [0, 0.1) is 11.6 Å². The molecule has 2 aromatic carbocycles. The van der Waals surface area contributed by atoms with Gasteiger partial charge in [0.15, 0.2) is 0 Å². The smallest absolute Gasteiger partial charge is 0.321 e. The van der Waals surface area contributed by atoms with E-state index in [4.69, 9.17) is 11.6 Å². The molecule has 6 heteroatoms. The second-order valence-corrected chi connectivity index (χ2v) is 4.90. The Bertz CT molecular complexity index is 626. The van der Waals surface area contributed by atoms with Crippen molar-refractivity contribution < 1.29 is 13.6 Å². The van der Waals surface area contributed by atoms with Crippen molar-refractivity contribution in [3.63, 3.8) is 0 Å².